The van der Waals surface area contributed by atoms with Crippen LogP contribution in [-0.2, 0) is 6.61 Å². The van der Waals surface area contributed by atoms with Crippen LogP contribution in [0.1, 0.15) is 29.5 Å². The van der Waals surface area contributed by atoms with E-state index in [9.17, 15) is 0 Å². The van der Waals surface area contributed by atoms with E-state index < -0.39 is 0 Å². The number of aromatic nitrogens is 2. The lowest BCUT2D eigenvalue weighted by molar-refractivity contribution is 0.198. The van der Waals surface area contributed by atoms with Crippen molar-refractivity contribution in [2.75, 3.05) is 37.3 Å². The first-order chi connectivity index (χ1) is 16.4. The van der Waals surface area contributed by atoms with E-state index in [1.165, 1.54) is 25.2 Å². The van der Waals surface area contributed by atoms with E-state index in [1.54, 1.807) is 24.4 Å². The summed E-state index contributed by atoms with van der Waals surface area (Å²) < 4.78 is 5.89. The zero-order valence-corrected chi connectivity index (χ0v) is 20.4. The lowest BCUT2D eigenvalue weighted by Crippen LogP contribution is -2.53. The van der Waals surface area contributed by atoms with Gasteiger partial charge in [0.15, 0.2) is 0 Å². The molecular weight excluding hydrogens is 471 g/mol. The Morgan fingerprint density at radius 1 is 1.12 bits per heavy atom. The van der Waals surface area contributed by atoms with Gasteiger partial charge >= 0.3 is 0 Å². The van der Waals surface area contributed by atoms with Gasteiger partial charge in [0.1, 0.15) is 18.2 Å². The molecule has 1 saturated carbocycles. The number of rotatable bonds is 6. The first-order valence-corrected chi connectivity index (χ1v) is 11.9. The maximum Gasteiger partial charge on any atom is 0.128 e. The van der Waals surface area contributed by atoms with Crippen LogP contribution in [0.25, 0.3) is 0 Å². The number of nitrogen functional groups attached to an aromatic ring is 1. The quantitative estimate of drug-likeness (QED) is 0.381. The van der Waals surface area contributed by atoms with E-state index in [1.807, 2.05) is 12.1 Å². The second-order valence-corrected chi connectivity index (χ2v) is 9.78. The second-order valence-electron chi connectivity index (χ2n) is 8.97. The van der Waals surface area contributed by atoms with Gasteiger partial charge in [-0.2, -0.15) is 0 Å². The Morgan fingerprint density at radius 3 is 2.56 bits per heavy atom. The number of nitrogens with one attached hydrogen (secondary N) is 1. The molecule has 1 aliphatic heterocycles. The molecule has 2 aromatic heterocycles. The Bertz CT molecular complexity index is 1210. The number of likely N-dealkylation sites (N-methyl/N-ethyl adjacent to an activating group) is 1. The van der Waals surface area contributed by atoms with Crippen molar-refractivity contribution in [3.8, 4) is 5.75 Å². The number of pyridine rings is 2. The molecular formula is C25H26Cl2N6O. The van der Waals surface area contributed by atoms with E-state index in [0.29, 0.717) is 49.4 Å². The molecule has 0 amide bonds. The Hall–Kier alpha value is -2.87. The molecule has 1 saturated heterocycles. The normalized spacial score (nSPS) is 17.1. The third-order valence-electron chi connectivity index (χ3n) is 6.82. The first-order valence-electron chi connectivity index (χ1n) is 11.2. The number of piperazine rings is 1. The number of hydrogen-bond donors (Lipinski definition) is 2. The van der Waals surface area contributed by atoms with Gasteiger partial charge in [0.25, 0.3) is 0 Å². The van der Waals surface area contributed by atoms with Gasteiger partial charge in [0.05, 0.1) is 15.8 Å². The molecule has 3 N–H and O–H groups in total. The minimum atomic E-state index is 0.180. The summed E-state index contributed by atoms with van der Waals surface area (Å²) in [5.41, 5.74) is 9.24. The van der Waals surface area contributed by atoms with E-state index >= 15 is 0 Å². The summed E-state index contributed by atoms with van der Waals surface area (Å²) >= 11 is 12.4. The number of anilines is 2. The van der Waals surface area contributed by atoms with Crippen LogP contribution >= 0.6 is 23.2 Å². The molecule has 1 spiro atoms. The minimum Gasteiger partial charge on any atom is -0.489 e. The predicted octanol–water partition coefficient (Wildman–Crippen LogP) is 4.65. The molecule has 9 heteroatoms. The molecule has 2 fully saturated rings. The Kier molecular flexibility index (Phi) is 6.10. The fraction of sp³-hybridized carbons (Fsp3) is 0.320. The minimum absolute atomic E-state index is 0.180. The molecule has 1 aromatic carbocycles. The van der Waals surface area contributed by atoms with Crippen molar-refractivity contribution in [1.82, 2.24) is 14.9 Å². The number of hydrogen-bond acceptors (Lipinski definition) is 7. The predicted molar refractivity (Wildman–Crippen MR) is 136 cm³/mol. The van der Waals surface area contributed by atoms with Crippen LogP contribution in [0.15, 0.2) is 48.9 Å². The lowest BCUT2D eigenvalue weighted by atomic mass is 10.0. The SMILES string of the molecule is CN1CCN(c2ccc(C(=N)c3cc(OCc4c(Cl)cncc4Cl)ccc3N)cn2)CC12CC2. The highest BCUT2D eigenvalue weighted by atomic mass is 35.5. The van der Waals surface area contributed by atoms with Crippen LogP contribution in [0.2, 0.25) is 10.0 Å². The van der Waals surface area contributed by atoms with Gasteiger partial charge in [-0.25, -0.2) is 4.98 Å². The monoisotopic (exact) mass is 496 g/mol. The molecule has 0 atom stereocenters. The molecule has 1 aliphatic carbocycles. The van der Waals surface area contributed by atoms with Crippen molar-refractivity contribution >= 4 is 40.4 Å². The maximum atomic E-state index is 8.74. The van der Waals surface area contributed by atoms with Gasteiger partial charge in [-0.1, -0.05) is 23.2 Å². The number of nitrogens with two attached hydrogens (primary N) is 1. The fourth-order valence-corrected chi connectivity index (χ4v) is 4.87. The van der Waals surface area contributed by atoms with Crippen LogP contribution in [0.5, 0.6) is 5.75 Å². The summed E-state index contributed by atoms with van der Waals surface area (Å²) in [6, 6.07) is 9.18. The van der Waals surface area contributed by atoms with Crippen molar-refractivity contribution in [3.63, 3.8) is 0 Å². The van der Waals surface area contributed by atoms with E-state index in [0.717, 1.165) is 25.5 Å². The largest absolute Gasteiger partial charge is 0.489 e. The molecule has 0 radical (unpaired) electrons. The van der Waals surface area contributed by atoms with Gasteiger partial charge in [-0.15, -0.1) is 0 Å². The highest BCUT2D eigenvalue weighted by molar-refractivity contribution is 6.35. The molecule has 3 aromatic rings. The molecule has 0 bridgehead atoms. The smallest absolute Gasteiger partial charge is 0.128 e. The van der Waals surface area contributed by atoms with Crippen molar-refractivity contribution in [3.05, 3.63) is 75.7 Å². The Morgan fingerprint density at radius 2 is 1.88 bits per heavy atom. The summed E-state index contributed by atoms with van der Waals surface area (Å²) in [5, 5.41) is 9.62. The number of benzene rings is 1. The van der Waals surface area contributed by atoms with Crippen molar-refractivity contribution in [2.45, 2.75) is 25.0 Å². The van der Waals surface area contributed by atoms with Crippen LogP contribution in [0, 0.1) is 5.41 Å². The topological polar surface area (TPSA) is 91.4 Å². The summed E-state index contributed by atoms with van der Waals surface area (Å²) in [6.45, 7) is 3.18. The number of nitrogens with zero attached hydrogens (tertiary/aromatic N) is 4. The van der Waals surface area contributed by atoms with Gasteiger partial charge < -0.3 is 15.4 Å². The zero-order chi connectivity index (χ0) is 23.9. The van der Waals surface area contributed by atoms with Crippen molar-refractivity contribution in [1.29, 1.82) is 5.41 Å². The fourth-order valence-electron chi connectivity index (χ4n) is 4.39. The van der Waals surface area contributed by atoms with Crippen LogP contribution in [-0.4, -0.2) is 52.8 Å². The highest BCUT2D eigenvalue weighted by Crippen LogP contribution is 2.43. The summed E-state index contributed by atoms with van der Waals surface area (Å²) in [7, 11) is 2.21. The maximum absolute atomic E-state index is 8.74. The number of halogens is 2. The van der Waals surface area contributed by atoms with Crippen LogP contribution in [0.4, 0.5) is 11.5 Å². The second kappa shape index (κ2) is 9.06. The summed E-state index contributed by atoms with van der Waals surface area (Å²) in [4.78, 5) is 13.5. The van der Waals surface area contributed by atoms with Gasteiger partial charge in [-0.3, -0.25) is 15.3 Å². The lowest BCUT2D eigenvalue weighted by Gasteiger charge is -2.40. The van der Waals surface area contributed by atoms with E-state index in [2.05, 4.69) is 26.8 Å². The average molecular weight is 497 g/mol. The summed E-state index contributed by atoms with van der Waals surface area (Å²) in [6.07, 6.45) is 7.30. The third-order valence-corrected chi connectivity index (χ3v) is 7.47. The summed E-state index contributed by atoms with van der Waals surface area (Å²) in [5.74, 6) is 1.52. The molecule has 2 aliphatic rings. The van der Waals surface area contributed by atoms with Crippen LogP contribution in [0.3, 0.4) is 0 Å². The van der Waals surface area contributed by atoms with Gasteiger partial charge in [0.2, 0.25) is 0 Å². The molecule has 7 nitrogen and oxygen atoms in total. The first kappa shape index (κ1) is 22.9. The number of ether oxygens (including phenoxy) is 1. The zero-order valence-electron chi connectivity index (χ0n) is 18.9. The third kappa shape index (κ3) is 4.43. The average Bonchev–Trinajstić information content (AvgIpc) is 3.61. The molecule has 176 valence electrons. The van der Waals surface area contributed by atoms with Crippen molar-refractivity contribution < 1.29 is 4.74 Å². The molecule has 3 heterocycles. The Labute approximate surface area is 209 Å². The Balaban J connectivity index is 1.30. The van der Waals surface area contributed by atoms with Gasteiger partial charge in [-0.05, 0) is 50.2 Å². The van der Waals surface area contributed by atoms with Gasteiger partial charge in [0, 0.05) is 66.1 Å². The molecule has 34 heavy (non-hydrogen) atoms. The van der Waals surface area contributed by atoms with E-state index in [4.69, 9.17) is 39.1 Å². The molecule has 5 rings (SSSR count). The highest BCUT2D eigenvalue weighted by Gasteiger charge is 2.49. The molecule has 0 unspecified atom stereocenters. The standard InChI is InChI=1S/C25H26Cl2N6O/c1-32-8-9-33(15-25(32)6-7-25)23-5-2-16(11-31-23)24(29)18-10-17(3-4-22(18)28)34-14-19-20(26)12-30-13-21(19)27/h2-5,10-13,29H,6-9,14-15,28H2,1H3. The van der Waals surface area contributed by atoms with Crippen LogP contribution < -0.4 is 15.4 Å². The van der Waals surface area contributed by atoms with Crippen molar-refractivity contribution in [2.24, 2.45) is 0 Å². The van der Waals surface area contributed by atoms with E-state index in [-0.39, 0.29) is 6.61 Å².